The van der Waals surface area contributed by atoms with Crippen LogP contribution >= 0.6 is 11.3 Å². The van der Waals surface area contributed by atoms with E-state index >= 15 is 0 Å². The predicted molar refractivity (Wildman–Crippen MR) is 87.0 cm³/mol. The molecule has 2 aromatic rings. The fraction of sp³-hybridized carbons (Fsp3) is 0.333. The molecular weight excluding hydrogens is 341 g/mol. The average molecular weight is 358 g/mol. The number of aromatic nitrogens is 1. The summed E-state index contributed by atoms with van der Waals surface area (Å²) in [7, 11) is 1.71. The minimum absolute atomic E-state index is 0.0555. The van der Waals surface area contributed by atoms with Crippen LogP contribution in [0.1, 0.15) is 11.3 Å². The topological polar surface area (TPSA) is 66.0 Å². The molecule has 1 atom stereocenters. The Balaban J connectivity index is 1.92. The Hall–Kier alpha value is -2.29. The van der Waals surface area contributed by atoms with Gasteiger partial charge in [-0.05, 0) is 5.56 Å². The molecule has 5 nitrogen and oxygen atoms in total. The third-order valence-electron chi connectivity index (χ3n) is 3.18. The Bertz CT molecular complexity index is 660. The van der Waals surface area contributed by atoms with E-state index in [4.69, 9.17) is 0 Å². The smallest absolute Gasteiger partial charge is 0.365 e. The molecule has 0 fully saturated rings. The summed E-state index contributed by atoms with van der Waals surface area (Å²) in [6, 6.07) is 5.38. The molecule has 0 aliphatic carbocycles. The van der Waals surface area contributed by atoms with Gasteiger partial charge in [-0.2, -0.15) is 13.2 Å². The Kier molecular flexibility index (Phi) is 6.02. The highest BCUT2D eigenvalue weighted by atomic mass is 32.1. The lowest BCUT2D eigenvalue weighted by Crippen LogP contribution is -2.50. The lowest BCUT2D eigenvalue weighted by Gasteiger charge is -2.22. The Labute approximate surface area is 141 Å². The number of benzene rings is 1. The van der Waals surface area contributed by atoms with Crippen molar-refractivity contribution in [3.63, 3.8) is 0 Å². The molecule has 0 spiro atoms. The lowest BCUT2D eigenvalue weighted by atomic mass is 10.1. The van der Waals surface area contributed by atoms with E-state index in [0.29, 0.717) is 16.4 Å². The molecule has 1 aromatic carbocycles. The summed E-state index contributed by atoms with van der Waals surface area (Å²) in [6.45, 7) is 0.0555. The van der Waals surface area contributed by atoms with Crippen molar-refractivity contribution in [3.05, 3.63) is 47.0 Å². The zero-order valence-corrected chi connectivity index (χ0v) is 13.7. The maximum Gasteiger partial charge on any atom is 0.408 e. The minimum atomic E-state index is -4.53. The zero-order chi connectivity index (χ0) is 17.6. The summed E-state index contributed by atoms with van der Waals surface area (Å²) in [5.74, 6) is 0. The summed E-state index contributed by atoms with van der Waals surface area (Å²) in [6.07, 6.45) is -4.86. The zero-order valence-electron chi connectivity index (χ0n) is 12.9. The molecule has 0 radical (unpaired) electrons. The van der Waals surface area contributed by atoms with Gasteiger partial charge in [-0.25, -0.2) is 9.78 Å². The molecule has 0 bridgehead atoms. The monoisotopic (exact) mass is 358 g/mol. The Morgan fingerprint density at radius 2 is 2.00 bits per heavy atom. The van der Waals surface area contributed by atoms with Gasteiger partial charge >= 0.3 is 12.2 Å². The maximum atomic E-state index is 13.1. The number of anilines is 1. The van der Waals surface area contributed by atoms with E-state index in [9.17, 15) is 18.0 Å². The van der Waals surface area contributed by atoms with Crippen LogP contribution in [0.2, 0.25) is 0 Å². The van der Waals surface area contributed by atoms with Crippen molar-refractivity contribution in [2.45, 2.75) is 25.2 Å². The van der Waals surface area contributed by atoms with E-state index in [2.05, 4.69) is 15.6 Å². The van der Waals surface area contributed by atoms with Crippen molar-refractivity contribution in [3.8, 4) is 0 Å². The second-order valence-corrected chi connectivity index (χ2v) is 5.86. The molecular formula is C15H17F3N4OS. The van der Waals surface area contributed by atoms with Crippen molar-refractivity contribution in [1.82, 2.24) is 15.6 Å². The number of halogens is 3. The van der Waals surface area contributed by atoms with Gasteiger partial charge in [-0.1, -0.05) is 30.3 Å². The van der Waals surface area contributed by atoms with Crippen molar-refractivity contribution in [2.75, 3.05) is 12.4 Å². The summed E-state index contributed by atoms with van der Waals surface area (Å²) in [5.41, 5.74) is 1.07. The van der Waals surface area contributed by atoms with E-state index in [1.165, 1.54) is 11.3 Å². The van der Waals surface area contributed by atoms with Gasteiger partial charge in [-0.3, -0.25) is 0 Å². The molecule has 1 heterocycles. The van der Waals surface area contributed by atoms with Gasteiger partial charge in [0.2, 0.25) is 0 Å². The first-order valence-corrected chi connectivity index (χ1v) is 8.03. The fourth-order valence-electron chi connectivity index (χ4n) is 1.98. The number of alkyl halides is 3. The number of rotatable bonds is 6. The van der Waals surface area contributed by atoms with Crippen molar-refractivity contribution in [1.29, 1.82) is 0 Å². The number of nitrogens with one attached hydrogen (secondary N) is 3. The third kappa shape index (κ3) is 5.41. The Morgan fingerprint density at radius 1 is 1.29 bits per heavy atom. The second kappa shape index (κ2) is 8.00. The minimum Gasteiger partial charge on any atom is -0.365 e. The molecule has 3 N–H and O–H groups in total. The molecule has 2 rings (SSSR count). The van der Waals surface area contributed by atoms with Crippen molar-refractivity contribution >= 4 is 22.5 Å². The number of carbonyl (C=O) groups excluding carboxylic acids is 1. The summed E-state index contributed by atoms with van der Waals surface area (Å²) in [4.78, 5) is 15.9. The normalized spacial score (nSPS) is 12.5. The first-order valence-electron chi connectivity index (χ1n) is 7.15. The number of urea groups is 1. The molecule has 0 aliphatic rings. The molecule has 1 aromatic heterocycles. The first-order chi connectivity index (χ1) is 11.4. The molecule has 130 valence electrons. The van der Waals surface area contributed by atoms with E-state index in [1.54, 1.807) is 42.8 Å². The first kappa shape index (κ1) is 18.1. The van der Waals surface area contributed by atoms with E-state index in [1.807, 2.05) is 5.32 Å². The largest absolute Gasteiger partial charge is 0.408 e. The Morgan fingerprint density at radius 3 is 2.58 bits per heavy atom. The number of carbonyl (C=O) groups is 1. The quantitative estimate of drug-likeness (QED) is 0.743. The maximum absolute atomic E-state index is 13.1. The fourth-order valence-corrected chi connectivity index (χ4v) is 2.65. The SMILES string of the molecule is CNc1nc(CNC(=O)NC(Cc2ccccc2)C(F)(F)F)cs1. The summed E-state index contributed by atoms with van der Waals surface area (Å²) >= 11 is 1.35. The highest BCUT2D eigenvalue weighted by Gasteiger charge is 2.40. The van der Waals surface area contributed by atoms with Gasteiger partial charge in [0, 0.05) is 18.8 Å². The van der Waals surface area contributed by atoms with Crippen LogP contribution in [0.3, 0.4) is 0 Å². The third-order valence-corrected chi connectivity index (χ3v) is 4.09. The number of hydrogen-bond donors (Lipinski definition) is 3. The molecule has 24 heavy (non-hydrogen) atoms. The van der Waals surface area contributed by atoms with Crippen molar-refractivity contribution in [2.24, 2.45) is 0 Å². The standard InChI is InChI=1S/C15H17F3N4OS/c1-19-14-21-11(9-24-14)8-20-13(23)22-12(15(16,17)18)7-10-5-3-2-4-6-10/h2-6,9,12H,7-8H2,1H3,(H,19,21)(H2,20,22,23). The van der Waals surface area contributed by atoms with Crippen LogP contribution in [0.5, 0.6) is 0 Å². The summed E-state index contributed by atoms with van der Waals surface area (Å²) in [5, 5.41) is 9.61. The molecule has 1 unspecified atom stereocenters. The number of amides is 2. The summed E-state index contributed by atoms with van der Waals surface area (Å²) < 4.78 is 39.4. The number of hydrogen-bond acceptors (Lipinski definition) is 4. The number of nitrogens with zero attached hydrogens (tertiary/aromatic N) is 1. The van der Waals surface area contributed by atoms with Crippen LogP contribution in [0, 0.1) is 0 Å². The van der Waals surface area contributed by atoms with Crippen LogP contribution in [-0.2, 0) is 13.0 Å². The molecule has 0 saturated carbocycles. The van der Waals surface area contributed by atoms with Crippen LogP contribution in [-0.4, -0.2) is 30.3 Å². The van der Waals surface area contributed by atoms with Gasteiger partial charge in [0.15, 0.2) is 5.13 Å². The van der Waals surface area contributed by atoms with Gasteiger partial charge in [0.05, 0.1) is 12.2 Å². The highest BCUT2D eigenvalue weighted by molar-refractivity contribution is 7.13. The van der Waals surface area contributed by atoms with E-state index < -0.39 is 18.2 Å². The van der Waals surface area contributed by atoms with Crippen LogP contribution in [0.15, 0.2) is 35.7 Å². The average Bonchev–Trinajstić information content (AvgIpc) is 3.00. The second-order valence-electron chi connectivity index (χ2n) is 5.00. The molecule has 0 aliphatic heterocycles. The molecule has 2 amide bonds. The predicted octanol–water partition coefficient (Wildman–Crippen LogP) is 3.16. The van der Waals surface area contributed by atoms with Gasteiger partial charge in [-0.15, -0.1) is 11.3 Å². The van der Waals surface area contributed by atoms with E-state index in [-0.39, 0.29) is 13.0 Å². The van der Waals surface area contributed by atoms with Gasteiger partial charge in [0.1, 0.15) is 6.04 Å². The van der Waals surface area contributed by atoms with Gasteiger partial charge < -0.3 is 16.0 Å². The van der Waals surface area contributed by atoms with Crippen molar-refractivity contribution < 1.29 is 18.0 Å². The van der Waals surface area contributed by atoms with E-state index in [0.717, 1.165) is 0 Å². The van der Waals surface area contributed by atoms with Crippen LogP contribution in [0.25, 0.3) is 0 Å². The highest BCUT2D eigenvalue weighted by Crippen LogP contribution is 2.23. The molecule has 9 heteroatoms. The number of thiazole rings is 1. The van der Waals surface area contributed by atoms with Crippen LogP contribution in [0.4, 0.5) is 23.1 Å². The van der Waals surface area contributed by atoms with Crippen LogP contribution < -0.4 is 16.0 Å². The van der Waals surface area contributed by atoms with Gasteiger partial charge in [0.25, 0.3) is 0 Å². The molecule has 0 saturated heterocycles. The lowest BCUT2D eigenvalue weighted by molar-refractivity contribution is -0.152.